The van der Waals surface area contributed by atoms with Crippen LogP contribution in [-0.2, 0) is 11.8 Å². The summed E-state index contributed by atoms with van der Waals surface area (Å²) in [5.74, 6) is 3.01. The molecule has 3 heteroatoms. The first-order chi connectivity index (χ1) is 12.2. The average Bonchev–Trinajstić information content (AvgIpc) is 2.58. The van der Waals surface area contributed by atoms with Gasteiger partial charge >= 0.3 is 0 Å². The van der Waals surface area contributed by atoms with E-state index in [1.807, 2.05) is 0 Å². The SMILES string of the molecule is COc1c2c(c(OC)c(OC)c1C(C)C)C1(C)CCCC(C)(C)C1=CC2. The predicted octanol–water partition coefficient (Wildman–Crippen LogP) is 5.79. The first-order valence-electron chi connectivity index (χ1n) is 9.79. The van der Waals surface area contributed by atoms with Crippen molar-refractivity contribution in [1.82, 2.24) is 0 Å². The Labute approximate surface area is 158 Å². The van der Waals surface area contributed by atoms with Gasteiger partial charge in [0.1, 0.15) is 5.75 Å². The molecule has 1 saturated carbocycles. The molecule has 3 nitrogen and oxygen atoms in total. The van der Waals surface area contributed by atoms with E-state index in [0.717, 1.165) is 35.7 Å². The quantitative estimate of drug-likeness (QED) is 0.638. The van der Waals surface area contributed by atoms with E-state index in [2.05, 4.69) is 40.7 Å². The van der Waals surface area contributed by atoms with Crippen LogP contribution in [0.25, 0.3) is 0 Å². The molecular weight excluding hydrogens is 324 g/mol. The number of allylic oxidation sites excluding steroid dienone is 2. The van der Waals surface area contributed by atoms with Crippen molar-refractivity contribution in [3.63, 3.8) is 0 Å². The Bertz CT molecular complexity index is 743. The Morgan fingerprint density at radius 3 is 2.04 bits per heavy atom. The highest BCUT2D eigenvalue weighted by Crippen LogP contribution is 2.60. The van der Waals surface area contributed by atoms with Crippen LogP contribution in [0, 0.1) is 5.41 Å². The van der Waals surface area contributed by atoms with Crippen LogP contribution in [0.1, 0.15) is 76.5 Å². The third-order valence-electron chi connectivity index (χ3n) is 6.55. The lowest BCUT2D eigenvalue weighted by Crippen LogP contribution is -2.40. The second kappa shape index (κ2) is 6.51. The molecule has 0 aliphatic heterocycles. The minimum atomic E-state index is -0.0310. The summed E-state index contributed by atoms with van der Waals surface area (Å²) in [5, 5.41) is 0. The second-order valence-electron chi connectivity index (χ2n) is 8.91. The molecule has 1 unspecified atom stereocenters. The van der Waals surface area contributed by atoms with E-state index >= 15 is 0 Å². The van der Waals surface area contributed by atoms with Crippen molar-refractivity contribution in [2.24, 2.45) is 5.41 Å². The Morgan fingerprint density at radius 1 is 0.885 bits per heavy atom. The van der Waals surface area contributed by atoms with Gasteiger partial charge in [0.15, 0.2) is 11.5 Å². The van der Waals surface area contributed by atoms with Crippen LogP contribution in [0.5, 0.6) is 17.2 Å². The first-order valence-corrected chi connectivity index (χ1v) is 9.79. The molecule has 0 saturated heterocycles. The molecule has 1 aromatic carbocycles. The zero-order chi connectivity index (χ0) is 19.3. The summed E-state index contributed by atoms with van der Waals surface area (Å²) in [4.78, 5) is 0. The molecule has 1 atom stereocenters. The van der Waals surface area contributed by atoms with Crippen LogP contribution in [0.4, 0.5) is 0 Å². The summed E-state index contributed by atoms with van der Waals surface area (Å²) in [5.41, 5.74) is 5.40. The van der Waals surface area contributed by atoms with E-state index in [1.54, 1.807) is 26.9 Å². The molecule has 2 aliphatic rings. The number of methoxy groups -OCH3 is 3. The van der Waals surface area contributed by atoms with Crippen molar-refractivity contribution in [3.8, 4) is 17.2 Å². The summed E-state index contributed by atoms with van der Waals surface area (Å²) in [6.45, 7) is 11.5. The number of fused-ring (bicyclic) bond motifs is 3. The third kappa shape index (κ3) is 2.54. The highest BCUT2D eigenvalue weighted by Gasteiger charge is 2.48. The van der Waals surface area contributed by atoms with Crippen LogP contribution in [0.2, 0.25) is 0 Å². The molecule has 0 amide bonds. The summed E-state index contributed by atoms with van der Waals surface area (Å²) >= 11 is 0. The van der Waals surface area contributed by atoms with Gasteiger partial charge < -0.3 is 14.2 Å². The molecule has 26 heavy (non-hydrogen) atoms. The van der Waals surface area contributed by atoms with Crippen molar-refractivity contribution in [1.29, 1.82) is 0 Å². The summed E-state index contributed by atoms with van der Waals surface area (Å²) < 4.78 is 17.8. The molecule has 0 aromatic heterocycles. The summed E-state index contributed by atoms with van der Waals surface area (Å²) in [6, 6.07) is 0. The Morgan fingerprint density at radius 2 is 1.50 bits per heavy atom. The third-order valence-corrected chi connectivity index (χ3v) is 6.55. The molecule has 0 spiro atoms. The molecule has 3 rings (SSSR count). The standard InChI is InChI=1S/C23H34O3/c1-14(2)17-19(24-6)15-10-11-16-22(3,4)12-9-13-23(16,5)18(15)21(26-8)20(17)25-7/h11,14H,9-10,12-13H2,1-8H3. The molecule has 0 heterocycles. The second-order valence-corrected chi connectivity index (χ2v) is 8.91. The van der Waals surface area contributed by atoms with Gasteiger partial charge in [-0.25, -0.2) is 0 Å². The first kappa shape index (κ1) is 19.1. The van der Waals surface area contributed by atoms with Crippen LogP contribution in [-0.4, -0.2) is 21.3 Å². The average molecular weight is 359 g/mol. The van der Waals surface area contributed by atoms with E-state index in [-0.39, 0.29) is 10.8 Å². The number of benzene rings is 1. The normalized spacial score (nSPS) is 23.8. The number of rotatable bonds is 4. The Kier molecular flexibility index (Phi) is 4.79. The van der Waals surface area contributed by atoms with E-state index < -0.39 is 0 Å². The summed E-state index contributed by atoms with van der Waals surface area (Å²) in [7, 11) is 5.28. The fraction of sp³-hybridized carbons (Fsp3) is 0.652. The van der Waals surface area contributed by atoms with Crippen LogP contribution in [0.15, 0.2) is 11.6 Å². The maximum atomic E-state index is 6.00. The molecule has 0 N–H and O–H groups in total. The fourth-order valence-corrected chi connectivity index (χ4v) is 5.55. The number of hydrogen-bond donors (Lipinski definition) is 0. The van der Waals surface area contributed by atoms with E-state index in [1.165, 1.54) is 24.0 Å². The maximum Gasteiger partial charge on any atom is 0.168 e. The van der Waals surface area contributed by atoms with Crippen molar-refractivity contribution in [2.75, 3.05) is 21.3 Å². The monoisotopic (exact) mass is 358 g/mol. The largest absolute Gasteiger partial charge is 0.496 e. The zero-order valence-electron chi connectivity index (χ0n) is 17.7. The molecule has 0 bridgehead atoms. The number of ether oxygens (including phenoxy) is 3. The fourth-order valence-electron chi connectivity index (χ4n) is 5.55. The topological polar surface area (TPSA) is 27.7 Å². The molecule has 0 radical (unpaired) electrons. The van der Waals surface area contributed by atoms with E-state index in [4.69, 9.17) is 14.2 Å². The zero-order valence-corrected chi connectivity index (χ0v) is 17.7. The van der Waals surface area contributed by atoms with Gasteiger partial charge in [0.25, 0.3) is 0 Å². The van der Waals surface area contributed by atoms with E-state index in [9.17, 15) is 0 Å². The lowest BCUT2D eigenvalue weighted by Gasteiger charge is -2.50. The highest BCUT2D eigenvalue weighted by molar-refractivity contribution is 5.69. The van der Waals surface area contributed by atoms with Crippen LogP contribution >= 0.6 is 0 Å². The van der Waals surface area contributed by atoms with Crippen molar-refractivity contribution in [2.45, 2.75) is 71.6 Å². The van der Waals surface area contributed by atoms with Gasteiger partial charge in [0.05, 0.1) is 21.3 Å². The molecule has 144 valence electrons. The minimum absolute atomic E-state index is 0.0310. The maximum absolute atomic E-state index is 6.00. The van der Waals surface area contributed by atoms with E-state index in [0.29, 0.717) is 5.92 Å². The van der Waals surface area contributed by atoms with Gasteiger partial charge in [-0.3, -0.25) is 0 Å². The minimum Gasteiger partial charge on any atom is -0.496 e. The van der Waals surface area contributed by atoms with Crippen LogP contribution in [0.3, 0.4) is 0 Å². The Balaban J connectivity index is 2.40. The molecule has 1 fully saturated rings. The predicted molar refractivity (Wildman–Crippen MR) is 107 cm³/mol. The van der Waals surface area contributed by atoms with Gasteiger partial charge in [0.2, 0.25) is 0 Å². The van der Waals surface area contributed by atoms with Crippen molar-refractivity contribution >= 4 is 0 Å². The molecular formula is C23H34O3. The van der Waals surface area contributed by atoms with Gasteiger partial charge in [-0.05, 0) is 30.6 Å². The van der Waals surface area contributed by atoms with Crippen LogP contribution < -0.4 is 14.2 Å². The number of hydrogen-bond acceptors (Lipinski definition) is 3. The highest BCUT2D eigenvalue weighted by atomic mass is 16.5. The van der Waals surface area contributed by atoms with Gasteiger partial charge in [-0.1, -0.05) is 52.7 Å². The van der Waals surface area contributed by atoms with Gasteiger partial charge in [-0.15, -0.1) is 0 Å². The summed E-state index contributed by atoms with van der Waals surface area (Å²) in [6.07, 6.45) is 6.95. The molecule has 2 aliphatic carbocycles. The lowest BCUT2D eigenvalue weighted by molar-refractivity contribution is 0.244. The van der Waals surface area contributed by atoms with Crippen molar-refractivity contribution in [3.05, 3.63) is 28.3 Å². The van der Waals surface area contributed by atoms with Gasteiger partial charge in [0, 0.05) is 22.1 Å². The lowest BCUT2D eigenvalue weighted by atomic mass is 9.55. The Hall–Kier alpha value is -1.64. The smallest absolute Gasteiger partial charge is 0.168 e. The molecule has 1 aromatic rings. The van der Waals surface area contributed by atoms with Crippen molar-refractivity contribution < 1.29 is 14.2 Å². The van der Waals surface area contributed by atoms with Gasteiger partial charge in [-0.2, -0.15) is 0 Å².